The molecule has 0 aromatic carbocycles. The van der Waals surface area contributed by atoms with E-state index in [9.17, 15) is 19.5 Å². The first-order valence-corrected chi connectivity index (χ1v) is 10.7. The summed E-state index contributed by atoms with van der Waals surface area (Å²) < 4.78 is 5.42. The second-order valence-electron chi connectivity index (χ2n) is 10.1. The molecular weight excluding hydrogens is 356 g/mol. The van der Waals surface area contributed by atoms with Gasteiger partial charge >= 0.3 is 5.97 Å². The number of ketones is 2. The molecule has 4 aliphatic rings. The van der Waals surface area contributed by atoms with Crippen molar-refractivity contribution in [2.45, 2.75) is 84.3 Å². The number of ether oxygens (including phenoxy) is 1. The highest BCUT2D eigenvalue weighted by atomic mass is 16.5. The van der Waals surface area contributed by atoms with Crippen LogP contribution in [-0.4, -0.2) is 34.3 Å². The molecule has 4 aliphatic carbocycles. The molecule has 0 aliphatic heterocycles. The molecule has 0 heterocycles. The lowest BCUT2D eigenvalue weighted by Gasteiger charge is -2.59. The summed E-state index contributed by atoms with van der Waals surface area (Å²) in [6.45, 7) is 7.26. The Kier molecular flexibility index (Phi) is 4.42. The first-order chi connectivity index (χ1) is 13.0. The fourth-order valence-electron chi connectivity index (χ4n) is 7.30. The average Bonchev–Trinajstić information content (AvgIpc) is 2.88. The Labute approximate surface area is 166 Å². The highest BCUT2D eigenvalue weighted by Gasteiger charge is 2.66. The summed E-state index contributed by atoms with van der Waals surface area (Å²) in [5, 5.41) is 11.8. The number of esters is 1. The van der Waals surface area contributed by atoms with Crippen LogP contribution >= 0.6 is 0 Å². The zero-order valence-corrected chi connectivity index (χ0v) is 17.4. The molecule has 154 valence electrons. The predicted octanol–water partition coefficient (Wildman–Crippen LogP) is 3.38. The molecule has 0 spiro atoms. The van der Waals surface area contributed by atoms with E-state index in [4.69, 9.17) is 4.74 Å². The maximum Gasteiger partial charge on any atom is 0.302 e. The van der Waals surface area contributed by atoms with Crippen molar-refractivity contribution in [2.75, 3.05) is 0 Å². The van der Waals surface area contributed by atoms with Gasteiger partial charge in [0.2, 0.25) is 0 Å². The molecule has 1 N–H and O–H groups in total. The summed E-state index contributed by atoms with van der Waals surface area (Å²) in [5.74, 6) is -0.258. The van der Waals surface area contributed by atoms with Crippen LogP contribution in [0.5, 0.6) is 0 Å². The summed E-state index contributed by atoms with van der Waals surface area (Å²) in [5.41, 5.74) is -0.898. The van der Waals surface area contributed by atoms with E-state index in [-0.39, 0.29) is 46.8 Å². The van der Waals surface area contributed by atoms with Gasteiger partial charge in [-0.2, -0.15) is 0 Å². The third-order valence-electron chi connectivity index (χ3n) is 8.87. The second-order valence-corrected chi connectivity index (χ2v) is 10.1. The summed E-state index contributed by atoms with van der Waals surface area (Å²) in [7, 11) is 0. The number of rotatable bonds is 2. The van der Waals surface area contributed by atoms with Gasteiger partial charge in [0.25, 0.3) is 0 Å². The van der Waals surface area contributed by atoms with Crippen LogP contribution in [0.2, 0.25) is 0 Å². The van der Waals surface area contributed by atoms with Gasteiger partial charge in [-0.1, -0.05) is 13.8 Å². The topological polar surface area (TPSA) is 80.7 Å². The SMILES string of the molecule is CC(=O)O[C@H]1CC[C@@]2(C)[C@H](C1)C(=O)C=C1[C@@H]2CC[C@]2(C)[C@@H](C(C)=O)CC[C@@]12O. The Balaban J connectivity index is 1.71. The molecule has 28 heavy (non-hydrogen) atoms. The Hall–Kier alpha value is -1.49. The predicted molar refractivity (Wildman–Crippen MR) is 103 cm³/mol. The fourth-order valence-corrected chi connectivity index (χ4v) is 7.30. The van der Waals surface area contributed by atoms with Crippen molar-refractivity contribution in [3.05, 3.63) is 11.6 Å². The fraction of sp³-hybridized carbons (Fsp3) is 0.783. The van der Waals surface area contributed by atoms with Gasteiger partial charge in [-0.25, -0.2) is 0 Å². The maximum atomic E-state index is 13.2. The zero-order valence-electron chi connectivity index (χ0n) is 17.4. The number of carbonyl (C=O) groups is 3. The largest absolute Gasteiger partial charge is 0.463 e. The number of allylic oxidation sites excluding steroid dienone is 1. The lowest BCUT2D eigenvalue weighted by Crippen LogP contribution is -2.59. The van der Waals surface area contributed by atoms with Gasteiger partial charge in [-0.3, -0.25) is 14.4 Å². The molecule has 0 unspecified atom stereocenters. The standard InChI is InChI=1S/C23H32O5/c1-13(24)16-7-10-23(27)18-12-20(26)19-11-15(28-14(2)25)5-8-21(19,3)17(18)6-9-22(16,23)4/h12,15-17,19,27H,5-11H2,1-4H3/t15-,16+,17-,19+,21+,22+,23+/m0/s1. The molecule has 0 amide bonds. The third kappa shape index (κ3) is 2.51. The second kappa shape index (κ2) is 6.25. The van der Waals surface area contributed by atoms with Crippen molar-refractivity contribution in [1.29, 1.82) is 0 Å². The van der Waals surface area contributed by atoms with Gasteiger partial charge in [0.1, 0.15) is 11.9 Å². The van der Waals surface area contributed by atoms with Gasteiger partial charge in [0.05, 0.1) is 5.60 Å². The highest BCUT2D eigenvalue weighted by Crippen LogP contribution is 2.67. The third-order valence-corrected chi connectivity index (χ3v) is 8.87. The molecule has 5 heteroatoms. The zero-order chi connectivity index (χ0) is 20.5. The van der Waals surface area contributed by atoms with Crippen LogP contribution in [0.15, 0.2) is 11.6 Å². The van der Waals surface area contributed by atoms with Crippen molar-refractivity contribution in [3.63, 3.8) is 0 Å². The van der Waals surface area contributed by atoms with Crippen LogP contribution in [0.25, 0.3) is 0 Å². The van der Waals surface area contributed by atoms with Gasteiger partial charge in [-0.05, 0) is 74.9 Å². The molecule has 0 radical (unpaired) electrons. The number of fused-ring (bicyclic) bond motifs is 5. The van der Waals surface area contributed by atoms with E-state index >= 15 is 0 Å². The minimum atomic E-state index is -1.07. The summed E-state index contributed by atoms with van der Waals surface area (Å²) >= 11 is 0. The summed E-state index contributed by atoms with van der Waals surface area (Å²) in [6, 6.07) is 0. The molecular formula is C23H32O5. The van der Waals surface area contributed by atoms with E-state index < -0.39 is 11.0 Å². The van der Waals surface area contributed by atoms with Crippen LogP contribution in [0.1, 0.15) is 72.6 Å². The minimum Gasteiger partial charge on any atom is -0.463 e. The smallest absolute Gasteiger partial charge is 0.302 e. The van der Waals surface area contributed by atoms with Crippen molar-refractivity contribution in [2.24, 2.45) is 28.6 Å². The Morgan fingerprint density at radius 3 is 2.43 bits per heavy atom. The molecule has 7 atom stereocenters. The lowest BCUT2D eigenvalue weighted by molar-refractivity contribution is -0.158. The Morgan fingerprint density at radius 1 is 1.07 bits per heavy atom. The number of hydrogen-bond acceptors (Lipinski definition) is 5. The van der Waals surface area contributed by atoms with Gasteiger partial charge in [-0.15, -0.1) is 0 Å². The van der Waals surface area contributed by atoms with E-state index in [1.165, 1.54) is 6.92 Å². The number of aliphatic hydroxyl groups is 1. The molecule has 0 saturated heterocycles. The van der Waals surface area contributed by atoms with Crippen LogP contribution in [0.4, 0.5) is 0 Å². The van der Waals surface area contributed by atoms with Gasteiger partial charge in [0, 0.05) is 24.2 Å². The van der Waals surface area contributed by atoms with E-state index in [0.717, 1.165) is 31.3 Å². The van der Waals surface area contributed by atoms with E-state index in [0.29, 0.717) is 19.3 Å². The molecule has 4 rings (SSSR count). The van der Waals surface area contributed by atoms with Crippen LogP contribution in [-0.2, 0) is 19.1 Å². The van der Waals surface area contributed by atoms with Gasteiger partial charge in [0.15, 0.2) is 5.78 Å². The van der Waals surface area contributed by atoms with Crippen molar-refractivity contribution >= 4 is 17.5 Å². The van der Waals surface area contributed by atoms with E-state index in [2.05, 4.69) is 6.92 Å². The van der Waals surface area contributed by atoms with E-state index in [1.807, 2.05) is 6.92 Å². The maximum absolute atomic E-state index is 13.2. The average molecular weight is 389 g/mol. The summed E-state index contributed by atoms with van der Waals surface area (Å²) in [4.78, 5) is 36.8. The van der Waals surface area contributed by atoms with Crippen LogP contribution in [0.3, 0.4) is 0 Å². The molecule has 3 fully saturated rings. The molecule has 0 bridgehead atoms. The molecule has 0 aromatic heterocycles. The molecule has 5 nitrogen and oxygen atoms in total. The highest BCUT2D eigenvalue weighted by molar-refractivity contribution is 5.95. The normalized spacial score (nSPS) is 47.5. The van der Waals surface area contributed by atoms with Crippen molar-refractivity contribution in [1.82, 2.24) is 0 Å². The van der Waals surface area contributed by atoms with Crippen LogP contribution < -0.4 is 0 Å². The van der Waals surface area contributed by atoms with Crippen LogP contribution in [0, 0.1) is 28.6 Å². The first-order valence-electron chi connectivity index (χ1n) is 10.7. The molecule has 0 aromatic rings. The number of carbonyl (C=O) groups excluding carboxylic acids is 3. The monoisotopic (exact) mass is 388 g/mol. The van der Waals surface area contributed by atoms with Crippen molar-refractivity contribution < 1.29 is 24.2 Å². The number of hydrogen-bond donors (Lipinski definition) is 1. The van der Waals surface area contributed by atoms with E-state index in [1.54, 1.807) is 13.0 Å². The van der Waals surface area contributed by atoms with Gasteiger partial charge < -0.3 is 9.84 Å². The lowest BCUT2D eigenvalue weighted by atomic mass is 9.46. The minimum absolute atomic E-state index is 0.0505. The van der Waals surface area contributed by atoms with Crippen molar-refractivity contribution in [3.8, 4) is 0 Å². The Morgan fingerprint density at radius 2 is 1.79 bits per heavy atom. The quantitative estimate of drug-likeness (QED) is 0.734. The number of Topliss-reactive ketones (excluding diaryl/α,β-unsaturated/α-hetero) is 1. The molecule has 3 saturated carbocycles. The summed E-state index contributed by atoms with van der Waals surface area (Å²) in [6.07, 6.45) is 6.60. The first kappa shape index (κ1) is 19.8. The Bertz CT molecular complexity index is 769.